The van der Waals surface area contributed by atoms with Gasteiger partial charge in [-0.3, -0.25) is 0 Å². The van der Waals surface area contributed by atoms with Gasteiger partial charge < -0.3 is 4.74 Å². The van der Waals surface area contributed by atoms with Gasteiger partial charge in [-0.25, -0.2) is 0 Å². The molecule has 1 atom stereocenters. The van der Waals surface area contributed by atoms with Crippen molar-refractivity contribution in [1.29, 1.82) is 0 Å². The SMILES string of the molecule is Cc1ccc(OC2CC3=C2CC3)cc1. The minimum atomic E-state index is 0.404. The molecule has 1 aromatic rings. The van der Waals surface area contributed by atoms with E-state index in [0.717, 1.165) is 5.75 Å². The Balaban J connectivity index is 1.71. The van der Waals surface area contributed by atoms with E-state index in [2.05, 4.69) is 31.2 Å². The van der Waals surface area contributed by atoms with E-state index in [-0.39, 0.29) is 0 Å². The van der Waals surface area contributed by atoms with Crippen molar-refractivity contribution in [2.75, 3.05) is 0 Å². The minimum Gasteiger partial charge on any atom is -0.486 e. The molecule has 0 aliphatic heterocycles. The fraction of sp³-hybridized carbons (Fsp3) is 0.385. The number of hydrogen-bond acceptors (Lipinski definition) is 1. The second-order valence-electron chi connectivity index (χ2n) is 4.25. The fourth-order valence-electron chi connectivity index (χ4n) is 2.18. The van der Waals surface area contributed by atoms with Crippen LogP contribution < -0.4 is 4.74 Å². The van der Waals surface area contributed by atoms with Gasteiger partial charge in [-0.1, -0.05) is 23.3 Å². The summed E-state index contributed by atoms with van der Waals surface area (Å²) in [6.07, 6.45) is 4.17. The molecule has 0 aromatic heterocycles. The highest BCUT2D eigenvalue weighted by Crippen LogP contribution is 2.45. The average molecular weight is 186 g/mol. The monoisotopic (exact) mass is 186 g/mol. The van der Waals surface area contributed by atoms with Crippen LogP contribution in [0.25, 0.3) is 0 Å². The van der Waals surface area contributed by atoms with Crippen LogP contribution in [0.15, 0.2) is 35.4 Å². The van der Waals surface area contributed by atoms with Crippen molar-refractivity contribution in [3.8, 4) is 5.75 Å². The lowest BCUT2D eigenvalue weighted by molar-refractivity contribution is 0.189. The summed E-state index contributed by atoms with van der Waals surface area (Å²) >= 11 is 0. The van der Waals surface area contributed by atoms with Crippen molar-refractivity contribution < 1.29 is 4.74 Å². The molecule has 2 aliphatic carbocycles. The number of hydrogen-bond donors (Lipinski definition) is 0. The lowest BCUT2D eigenvalue weighted by atomic mass is 9.71. The van der Waals surface area contributed by atoms with Gasteiger partial charge in [-0.05, 0) is 37.5 Å². The maximum Gasteiger partial charge on any atom is 0.124 e. The molecule has 14 heavy (non-hydrogen) atoms. The molecule has 0 radical (unpaired) electrons. The van der Waals surface area contributed by atoms with E-state index in [1.807, 2.05) is 0 Å². The first kappa shape index (κ1) is 8.10. The third kappa shape index (κ3) is 1.16. The molecule has 0 amide bonds. The van der Waals surface area contributed by atoms with E-state index in [4.69, 9.17) is 4.74 Å². The van der Waals surface area contributed by atoms with E-state index in [1.165, 1.54) is 24.8 Å². The number of ether oxygens (including phenoxy) is 1. The first-order valence-corrected chi connectivity index (χ1v) is 5.27. The molecule has 0 heterocycles. The van der Waals surface area contributed by atoms with Gasteiger partial charge in [0.25, 0.3) is 0 Å². The van der Waals surface area contributed by atoms with Gasteiger partial charge in [0.2, 0.25) is 0 Å². The zero-order valence-electron chi connectivity index (χ0n) is 8.42. The molecule has 2 aliphatic rings. The van der Waals surface area contributed by atoms with Gasteiger partial charge >= 0.3 is 0 Å². The predicted molar refractivity (Wildman–Crippen MR) is 56.5 cm³/mol. The van der Waals surface area contributed by atoms with Crippen LogP contribution in [0.5, 0.6) is 5.75 Å². The molecule has 3 rings (SSSR count). The molecular formula is C13H14O. The van der Waals surface area contributed by atoms with Crippen LogP contribution in [-0.4, -0.2) is 6.10 Å². The molecule has 0 spiro atoms. The Bertz CT molecular complexity index is 386. The summed E-state index contributed by atoms with van der Waals surface area (Å²) in [6, 6.07) is 8.33. The summed E-state index contributed by atoms with van der Waals surface area (Å²) < 4.78 is 5.88. The fourth-order valence-corrected chi connectivity index (χ4v) is 2.18. The highest BCUT2D eigenvalue weighted by molar-refractivity contribution is 5.40. The van der Waals surface area contributed by atoms with Crippen molar-refractivity contribution >= 4 is 0 Å². The van der Waals surface area contributed by atoms with Gasteiger partial charge in [0.1, 0.15) is 11.9 Å². The Morgan fingerprint density at radius 1 is 1.14 bits per heavy atom. The lowest BCUT2D eigenvalue weighted by Gasteiger charge is -2.40. The van der Waals surface area contributed by atoms with E-state index >= 15 is 0 Å². The van der Waals surface area contributed by atoms with E-state index in [9.17, 15) is 0 Å². The molecule has 72 valence electrons. The van der Waals surface area contributed by atoms with Gasteiger partial charge in [0.05, 0.1) is 0 Å². The summed E-state index contributed by atoms with van der Waals surface area (Å²) in [4.78, 5) is 0. The third-order valence-electron chi connectivity index (χ3n) is 3.27. The number of rotatable bonds is 2. The molecule has 1 nitrogen and oxygen atoms in total. The first-order chi connectivity index (χ1) is 6.83. The molecule has 0 saturated carbocycles. The highest BCUT2D eigenvalue weighted by Gasteiger charge is 2.36. The summed E-state index contributed by atoms with van der Waals surface area (Å²) in [5.74, 6) is 1.01. The van der Waals surface area contributed by atoms with Crippen LogP contribution in [0, 0.1) is 6.92 Å². The van der Waals surface area contributed by atoms with Gasteiger partial charge in [0, 0.05) is 6.42 Å². The van der Waals surface area contributed by atoms with Crippen molar-refractivity contribution in [1.82, 2.24) is 0 Å². The van der Waals surface area contributed by atoms with Gasteiger partial charge in [-0.2, -0.15) is 0 Å². The summed E-state index contributed by atoms with van der Waals surface area (Å²) in [6.45, 7) is 2.10. The zero-order valence-corrected chi connectivity index (χ0v) is 8.42. The van der Waals surface area contributed by atoms with Crippen molar-refractivity contribution in [2.24, 2.45) is 0 Å². The molecule has 1 heteroatoms. The van der Waals surface area contributed by atoms with Crippen LogP contribution in [-0.2, 0) is 0 Å². The van der Waals surface area contributed by atoms with Gasteiger partial charge in [-0.15, -0.1) is 0 Å². The molecule has 0 fully saturated rings. The van der Waals surface area contributed by atoms with E-state index in [1.54, 1.807) is 11.1 Å². The molecular weight excluding hydrogens is 172 g/mol. The summed E-state index contributed by atoms with van der Waals surface area (Å²) in [5.41, 5.74) is 4.52. The Hall–Kier alpha value is -1.24. The van der Waals surface area contributed by atoms with Crippen LogP contribution in [0.1, 0.15) is 24.8 Å². The Labute approximate surface area is 84.4 Å². The first-order valence-electron chi connectivity index (χ1n) is 5.27. The predicted octanol–water partition coefficient (Wildman–Crippen LogP) is 3.24. The maximum atomic E-state index is 5.88. The normalized spacial score (nSPS) is 23.6. The van der Waals surface area contributed by atoms with Crippen LogP contribution >= 0.6 is 0 Å². The molecule has 0 saturated heterocycles. The zero-order chi connectivity index (χ0) is 9.54. The lowest BCUT2D eigenvalue weighted by Crippen LogP contribution is -2.35. The largest absolute Gasteiger partial charge is 0.486 e. The molecule has 0 bridgehead atoms. The Morgan fingerprint density at radius 3 is 2.43 bits per heavy atom. The molecule has 1 unspecified atom stereocenters. The van der Waals surface area contributed by atoms with Crippen molar-refractivity contribution in [2.45, 2.75) is 32.3 Å². The van der Waals surface area contributed by atoms with Crippen molar-refractivity contribution in [3.63, 3.8) is 0 Å². The van der Waals surface area contributed by atoms with E-state index in [0.29, 0.717) is 6.10 Å². The quantitative estimate of drug-likeness (QED) is 0.644. The molecule has 0 N–H and O–H groups in total. The van der Waals surface area contributed by atoms with Crippen LogP contribution in [0.4, 0.5) is 0 Å². The highest BCUT2D eigenvalue weighted by atomic mass is 16.5. The molecule has 1 aromatic carbocycles. The van der Waals surface area contributed by atoms with E-state index < -0.39 is 0 Å². The summed E-state index contributed by atoms with van der Waals surface area (Å²) in [5, 5.41) is 0. The van der Waals surface area contributed by atoms with Crippen LogP contribution in [0.2, 0.25) is 0 Å². The summed E-state index contributed by atoms with van der Waals surface area (Å²) in [7, 11) is 0. The van der Waals surface area contributed by atoms with Crippen LogP contribution in [0.3, 0.4) is 0 Å². The second kappa shape index (κ2) is 2.88. The van der Waals surface area contributed by atoms with Crippen molar-refractivity contribution in [3.05, 3.63) is 41.0 Å². The smallest absolute Gasteiger partial charge is 0.124 e. The second-order valence-corrected chi connectivity index (χ2v) is 4.25. The Morgan fingerprint density at radius 2 is 1.93 bits per heavy atom. The number of aryl methyl sites for hydroxylation is 1. The number of benzene rings is 1. The third-order valence-corrected chi connectivity index (χ3v) is 3.27. The standard InChI is InChI=1S/C13H14O/c1-9-2-5-11(6-3-9)14-13-8-10-4-7-12(10)13/h2-3,5-6,13H,4,7-8H2,1H3. The maximum absolute atomic E-state index is 5.88. The average Bonchev–Trinajstić information content (AvgIpc) is 2.16. The minimum absolute atomic E-state index is 0.404. The Kier molecular flexibility index (Phi) is 1.66. The van der Waals surface area contributed by atoms with Gasteiger partial charge in [0.15, 0.2) is 0 Å². The topological polar surface area (TPSA) is 9.23 Å².